The summed E-state index contributed by atoms with van der Waals surface area (Å²) >= 11 is 1.69. The molecule has 0 spiro atoms. The zero-order valence-corrected chi connectivity index (χ0v) is 11.4. The highest BCUT2D eigenvalue weighted by molar-refractivity contribution is 7.18. The molecular formula is C13H18N2OS. The Kier molecular flexibility index (Phi) is 3.62. The Morgan fingerprint density at radius 1 is 1.47 bits per heavy atom. The summed E-state index contributed by atoms with van der Waals surface area (Å²) in [5, 5.41) is 0.837. The quantitative estimate of drug-likeness (QED) is 0.778. The first-order valence-corrected chi connectivity index (χ1v) is 7.08. The topological polar surface area (TPSA) is 45.8 Å². The van der Waals surface area contributed by atoms with Crippen molar-refractivity contribution in [3.8, 4) is 0 Å². The second kappa shape index (κ2) is 5.00. The lowest BCUT2D eigenvalue weighted by Crippen LogP contribution is -2.09. The predicted octanol–water partition coefficient (Wildman–Crippen LogP) is 3.45. The van der Waals surface area contributed by atoms with E-state index in [9.17, 15) is 4.79 Å². The Labute approximate surface area is 105 Å². The number of aryl methyl sites for hydroxylation is 1. The number of nitrogens with zero attached hydrogens (tertiary/aromatic N) is 1. The second-order valence-corrected chi connectivity index (χ2v) is 5.18. The smallest absolute Gasteiger partial charge is 0.259 e. The standard InChI is InChI=1S/C11H12N2OS.C2H6/c1-6-3-2-4-7-8-10(14)12-5-13-11(8)15-9(6)7;1-2/h5-6H,2-4H2,1H3,(H,12,13,14);1-2H3. The first-order chi connectivity index (χ1) is 8.27. The number of H-pyrrole nitrogens is 1. The van der Waals surface area contributed by atoms with E-state index in [-0.39, 0.29) is 5.56 Å². The summed E-state index contributed by atoms with van der Waals surface area (Å²) in [5.74, 6) is 0.590. The molecule has 2 aromatic heterocycles. The summed E-state index contributed by atoms with van der Waals surface area (Å²) in [7, 11) is 0. The molecule has 0 bridgehead atoms. The largest absolute Gasteiger partial charge is 0.313 e. The van der Waals surface area contributed by atoms with Crippen LogP contribution >= 0.6 is 11.3 Å². The van der Waals surface area contributed by atoms with Gasteiger partial charge in [-0.1, -0.05) is 20.8 Å². The molecule has 0 saturated heterocycles. The van der Waals surface area contributed by atoms with Crippen LogP contribution < -0.4 is 5.56 Å². The molecule has 0 fully saturated rings. The monoisotopic (exact) mass is 250 g/mol. The summed E-state index contributed by atoms with van der Waals surface area (Å²) in [6.07, 6.45) is 4.96. The molecule has 1 atom stereocenters. The van der Waals surface area contributed by atoms with Crippen molar-refractivity contribution in [1.82, 2.24) is 9.97 Å². The number of aromatic amines is 1. The van der Waals surface area contributed by atoms with E-state index in [4.69, 9.17) is 0 Å². The number of thiophene rings is 1. The molecule has 0 amide bonds. The lowest BCUT2D eigenvalue weighted by Gasteiger charge is -2.17. The Morgan fingerprint density at radius 3 is 3.00 bits per heavy atom. The molecule has 0 aromatic carbocycles. The van der Waals surface area contributed by atoms with Crippen LogP contribution in [0.4, 0.5) is 0 Å². The van der Waals surface area contributed by atoms with Gasteiger partial charge in [0.2, 0.25) is 0 Å². The van der Waals surface area contributed by atoms with Gasteiger partial charge in [0.1, 0.15) is 4.83 Å². The molecule has 0 radical (unpaired) electrons. The van der Waals surface area contributed by atoms with Gasteiger partial charge in [0, 0.05) is 4.88 Å². The minimum Gasteiger partial charge on any atom is -0.313 e. The summed E-state index contributed by atoms with van der Waals surface area (Å²) in [5.41, 5.74) is 1.27. The Morgan fingerprint density at radius 2 is 2.24 bits per heavy atom. The van der Waals surface area contributed by atoms with Crippen LogP contribution in [0.5, 0.6) is 0 Å². The summed E-state index contributed by atoms with van der Waals surface area (Å²) < 4.78 is 0. The van der Waals surface area contributed by atoms with E-state index in [0.717, 1.165) is 16.6 Å². The molecule has 1 aliphatic rings. The number of rotatable bonds is 0. The number of aromatic nitrogens is 2. The van der Waals surface area contributed by atoms with Crippen LogP contribution in [-0.4, -0.2) is 9.97 Å². The third-order valence-corrected chi connectivity index (χ3v) is 4.51. The number of hydrogen-bond donors (Lipinski definition) is 1. The minimum absolute atomic E-state index is 0.0200. The van der Waals surface area contributed by atoms with Crippen LogP contribution in [-0.2, 0) is 6.42 Å². The van der Waals surface area contributed by atoms with Crippen molar-refractivity contribution in [1.29, 1.82) is 0 Å². The van der Waals surface area contributed by atoms with Crippen LogP contribution in [0.25, 0.3) is 10.2 Å². The second-order valence-electron chi connectivity index (χ2n) is 4.15. The molecule has 1 N–H and O–H groups in total. The van der Waals surface area contributed by atoms with E-state index in [1.807, 2.05) is 13.8 Å². The third kappa shape index (κ3) is 2.02. The molecule has 17 heavy (non-hydrogen) atoms. The van der Waals surface area contributed by atoms with E-state index in [2.05, 4.69) is 16.9 Å². The van der Waals surface area contributed by atoms with Crippen LogP contribution in [0.15, 0.2) is 11.1 Å². The highest BCUT2D eigenvalue weighted by Crippen LogP contribution is 2.39. The van der Waals surface area contributed by atoms with Crippen molar-refractivity contribution in [3.05, 3.63) is 27.1 Å². The summed E-state index contributed by atoms with van der Waals surface area (Å²) in [6, 6.07) is 0. The van der Waals surface area contributed by atoms with E-state index in [1.54, 1.807) is 11.3 Å². The maximum Gasteiger partial charge on any atom is 0.259 e. The Bertz CT molecular complexity index is 570. The maximum absolute atomic E-state index is 11.7. The number of hydrogen-bond acceptors (Lipinski definition) is 3. The first-order valence-electron chi connectivity index (χ1n) is 6.26. The van der Waals surface area contributed by atoms with Gasteiger partial charge in [-0.2, -0.15) is 0 Å². The fraction of sp³-hybridized carbons (Fsp3) is 0.538. The molecule has 3 nitrogen and oxygen atoms in total. The average Bonchev–Trinajstić information content (AvgIpc) is 2.73. The van der Waals surface area contributed by atoms with Gasteiger partial charge in [-0.3, -0.25) is 4.79 Å². The lowest BCUT2D eigenvalue weighted by molar-refractivity contribution is 0.604. The third-order valence-electron chi connectivity index (χ3n) is 3.14. The normalized spacial score (nSPS) is 18.4. The molecule has 0 aliphatic heterocycles. The maximum atomic E-state index is 11.7. The van der Waals surface area contributed by atoms with Gasteiger partial charge < -0.3 is 4.98 Å². The van der Waals surface area contributed by atoms with Gasteiger partial charge in [-0.15, -0.1) is 11.3 Å². The molecule has 1 unspecified atom stereocenters. The van der Waals surface area contributed by atoms with Gasteiger partial charge >= 0.3 is 0 Å². The van der Waals surface area contributed by atoms with Crippen molar-refractivity contribution in [3.63, 3.8) is 0 Å². The number of fused-ring (bicyclic) bond motifs is 3. The van der Waals surface area contributed by atoms with Crippen molar-refractivity contribution in [2.24, 2.45) is 0 Å². The van der Waals surface area contributed by atoms with Crippen LogP contribution in [0, 0.1) is 0 Å². The molecule has 2 heterocycles. The van der Waals surface area contributed by atoms with E-state index >= 15 is 0 Å². The van der Waals surface area contributed by atoms with Crippen LogP contribution in [0.3, 0.4) is 0 Å². The molecule has 3 rings (SSSR count). The van der Waals surface area contributed by atoms with E-state index < -0.39 is 0 Å². The van der Waals surface area contributed by atoms with Crippen molar-refractivity contribution >= 4 is 21.6 Å². The molecule has 2 aromatic rings. The molecule has 4 heteroatoms. The number of nitrogens with one attached hydrogen (secondary N) is 1. The summed E-state index contributed by atoms with van der Waals surface area (Å²) in [4.78, 5) is 20.9. The van der Waals surface area contributed by atoms with Crippen LogP contribution in [0.1, 0.15) is 50.0 Å². The SMILES string of the molecule is CC.CC1CCCc2c1sc1nc[nH]c(=O)c21. The zero-order chi connectivity index (χ0) is 12.4. The Hall–Kier alpha value is -1.16. The minimum atomic E-state index is 0.0200. The molecule has 1 aliphatic carbocycles. The fourth-order valence-electron chi connectivity index (χ4n) is 2.38. The predicted molar refractivity (Wildman–Crippen MR) is 72.9 cm³/mol. The first kappa shape index (κ1) is 12.3. The summed E-state index contributed by atoms with van der Waals surface area (Å²) in [6.45, 7) is 6.24. The molecule has 0 saturated carbocycles. The highest BCUT2D eigenvalue weighted by Gasteiger charge is 2.23. The van der Waals surface area contributed by atoms with Gasteiger partial charge in [0.25, 0.3) is 5.56 Å². The van der Waals surface area contributed by atoms with Gasteiger partial charge in [-0.05, 0) is 30.7 Å². The molecule has 92 valence electrons. The Balaban J connectivity index is 0.000000514. The average molecular weight is 250 g/mol. The zero-order valence-electron chi connectivity index (χ0n) is 10.5. The van der Waals surface area contributed by atoms with E-state index in [1.165, 1.54) is 29.6 Å². The van der Waals surface area contributed by atoms with Crippen molar-refractivity contribution in [2.75, 3.05) is 0 Å². The van der Waals surface area contributed by atoms with E-state index in [0.29, 0.717) is 5.92 Å². The van der Waals surface area contributed by atoms with Crippen molar-refractivity contribution in [2.45, 2.75) is 46.0 Å². The van der Waals surface area contributed by atoms with Gasteiger partial charge in [0.05, 0.1) is 11.7 Å². The van der Waals surface area contributed by atoms with Gasteiger partial charge in [-0.25, -0.2) is 4.98 Å². The van der Waals surface area contributed by atoms with Crippen molar-refractivity contribution < 1.29 is 0 Å². The highest BCUT2D eigenvalue weighted by atomic mass is 32.1. The lowest BCUT2D eigenvalue weighted by atomic mass is 9.90. The molecular weight excluding hydrogens is 232 g/mol. The van der Waals surface area contributed by atoms with Gasteiger partial charge in [0.15, 0.2) is 0 Å². The van der Waals surface area contributed by atoms with Crippen LogP contribution in [0.2, 0.25) is 0 Å². The fourth-order valence-corrected chi connectivity index (χ4v) is 3.66.